The number of benzene rings is 3. The first-order valence-corrected chi connectivity index (χ1v) is 7.78. The zero-order chi connectivity index (χ0) is 15.7. The SMILES string of the molecule is O/N=C1/CC(c2ccccc2)(c2ccccc2)c2ccccc21. The van der Waals surface area contributed by atoms with Gasteiger partial charge in [0.15, 0.2) is 0 Å². The van der Waals surface area contributed by atoms with Gasteiger partial charge in [-0.1, -0.05) is 90.1 Å². The van der Waals surface area contributed by atoms with Crippen LogP contribution in [0.3, 0.4) is 0 Å². The maximum Gasteiger partial charge on any atom is 0.0886 e. The lowest BCUT2D eigenvalue weighted by Crippen LogP contribution is -2.26. The lowest BCUT2D eigenvalue weighted by molar-refractivity contribution is 0.318. The zero-order valence-corrected chi connectivity index (χ0v) is 12.7. The standard InChI is InChI=1S/C21H17NO/c23-22-20-15-21(16-9-3-1-4-10-16,17-11-5-2-6-12-17)19-14-8-7-13-18(19)20/h1-14,23H,15H2/b22-20-. The topological polar surface area (TPSA) is 32.6 Å². The van der Waals surface area contributed by atoms with E-state index in [1.54, 1.807) is 0 Å². The van der Waals surface area contributed by atoms with Gasteiger partial charge in [-0.25, -0.2) is 0 Å². The third kappa shape index (κ3) is 1.99. The number of oxime groups is 1. The summed E-state index contributed by atoms with van der Waals surface area (Å²) in [4.78, 5) is 0. The summed E-state index contributed by atoms with van der Waals surface area (Å²) in [6.45, 7) is 0. The van der Waals surface area contributed by atoms with Crippen LogP contribution in [0.5, 0.6) is 0 Å². The zero-order valence-electron chi connectivity index (χ0n) is 12.7. The van der Waals surface area contributed by atoms with Gasteiger partial charge in [-0.05, 0) is 16.7 Å². The first kappa shape index (κ1) is 13.8. The Hall–Kier alpha value is -2.87. The molecular formula is C21H17NO. The molecule has 2 nitrogen and oxygen atoms in total. The Morgan fingerprint density at radius 1 is 0.696 bits per heavy atom. The molecule has 0 spiro atoms. The second-order valence-corrected chi connectivity index (χ2v) is 5.91. The molecule has 112 valence electrons. The fourth-order valence-corrected chi connectivity index (χ4v) is 3.76. The van der Waals surface area contributed by atoms with E-state index in [9.17, 15) is 5.21 Å². The molecule has 0 aromatic heterocycles. The Kier molecular flexibility index (Phi) is 3.23. The van der Waals surface area contributed by atoms with Crippen LogP contribution in [0.25, 0.3) is 0 Å². The Bertz CT molecular complexity index is 814. The summed E-state index contributed by atoms with van der Waals surface area (Å²) in [5.74, 6) is 0. The molecule has 0 heterocycles. The van der Waals surface area contributed by atoms with E-state index in [1.165, 1.54) is 16.7 Å². The van der Waals surface area contributed by atoms with Crippen molar-refractivity contribution >= 4 is 5.71 Å². The van der Waals surface area contributed by atoms with Crippen LogP contribution in [0.2, 0.25) is 0 Å². The predicted octanol–water partition coefficient (Wildman–Crippen LogP) is 4.60. The third-order valence-corrected chi connectivity index (χ3v) is 4.78. The highest BCUT2D eigenvalue weighted by molar-refractivity contribution is 6.07. The summed E-state index contributed by atoms with van der Waals surface area (Å²) >= 11 is 0. The van der Waals surface area contributed by atoms with Gasteiger partial charge in [0, 0.05) is 12.0 Å². The van der Waals surface area contributed by atoms with E-state index in [4.69, 9.17) is 0 Å². The van der Waals surface area contributed by atoms with Crippen LogP contribution in [0, 0.1) is 0 Å². The van der Waals surface area contributed by atoms with Gasteiger partial charge in [-0.2, -0.15) is 0 Å². The molecule has 1 aliphatic carbocycles. The second kappa shape index (κ2) is 5.40. The first-order chi connectivity index (χ1) is 11.4. The van der Waals surface area contributed by atoms with Crippen molar-refractivity contribution in [3.63, 3.8) is 0 Å². The van der Waals surface area contributed by atoms with Crippen LogP contribution < -0.4 is 0 Å². The second-order valence-electron chi connectivity index (χ2n) is 5.91. The average molecular weight is 299 g/mol. The van der Waals surface area contributed by atoms with E-state index in [2.05, 4.69) is 65.8 Å². The maximum absolute atomic E-state index is 9.53. The molecule has 0 bridgehead atoms. The highest BCUT2D eigenvalue weighted by Crippen LogP contribution is 2.48. The molecule has 4 rings (SSSR count). The number of nitrogens with zero attached hydrogens (tertiary/aromatic N) is 1. The van der Waals surface area contributed by atoms with Gasteiger partial charge in [0.05, 0.1) is 11.1 Å². The number of rotatable bonds is 2. The lowest BCUT2D eigenvalue weighted by Gasteiger charge is -2.31. The number of hydrogen-bond acceptors (Lipinski definition) is 2. The maximum atomic E-state index is 9.53. The van der Waals surface area contributed by atoms with Crippen molar-refractivity contribution in [1.82, 2.24) is 0 Å². The normalized spacial score (nSPS) is 17.1. The minimum Gasteiger partial charge on any atom is -0.411 e. The molecule has 0 aliphatic heterocycles. The molecule has 0 saturated carbocycles. The molecule has 1 N–H and O–H groups in total. The number of hydrogen-bond donors (Lipinski definition) is 1. The van der Waals surface area contributed by atoms with Crippen molar-refractivity contribution < 1.29 is 5.21 Å². The first-order valence-electron chi connectivity index (χ1n) is 7.78. The molecule has 0 amide bonds. The van der Waals surface area contributed by atoms with E-state index in [-0.39, 0.29) is 5.41 Å². The van der Waals surface area contributed by atoms with Crippen molar-refractivity contribution in [1.29, 1.82) is 0 Å². The van der Waals surface area contributed by atoms with E-state index >= 15 is 0 Å². The Balaban J connectivity index is 2.07. The largest absolute Gasteiger partial charge is 0.411 e. The van der Waals surface area contributed by atoms with E-state index in [1.807, 2.05) is 24.3 Å². The predicted molar refractivity (Wildman–Crippen MR) is 92.1 cm³/mol. The van der Waals surface area contributed by atoms with Gasteiger partial charge >= 0.3 is 0 Å². The molecule has 3 aromatic carbocycles. The van der Waals surface area contributed by atoms with Gasteiger partial charge in [0.1, 0.15) is 0 Å². The quantitative estimate of drug-likeness (QED) is 0.544. The van der Waals surface area contributed by atoms with Crippen LogP contribution in [-0.4, -0.2) is 10.9 Å². The molecule has 2 heteroatoms. The summed E-state index contributed by atoms with van der Waals surface area (Å²) in [7, 11) is 0. The Morgan fingerprint density at radius 3 is 1.78 bits per heavy atom. The minimum atomic E-state index is -0.305. The molecule has 1 aliphatic rings. The van der Waals surface area contributed by atoms with Crippen molar-refractivity contribution in [2.75, 3.05) is 0 Å². The van der Waals surface area contributed by atoms with Gasteiger partial charge in [0.2, 0.25) is 0 Å². The highest BCUT2D eigenvalue weighted by atomic mass is 16.4. The molecule has 0 atom stereocenters. The molecule has 0 saturated heterocycles. The van der Waals surface area contributed by atoms with Gasteiger partial charge in [0.25, 0.3) is 0 Å². The van der Waals surface area contributed by atoms with Crippen LogP contribution >= 0.6 is 0 Å². The van der Waals surface area contributed by atoms with Gasteiger partial charge < -0.3 is 5.21 Å². The van der Waals surface area contributed by atoms with Crippen LogP contribution in [0.4, 0.5) is 0 Å². The average Bonchev–Trinajstić information content (AvgIpc) is 2.99. The Labute approximate surface area is 135 Å². The fourth-order valence-electron chi connectivity index (χ4n) is 3.76. The molecular weight excluding hydrogens is 282 g/mol. The van der Waals surface area contributed by atoms with Crippen LogP contribution in [0.1, 0.15) is 28.7 Å². The summed E-state index contributed by atoms with van der Waals surface area (Å²) in [5, 5.41) is 13.1. The minimum absolute atomic E-state index is 0.305. The third-order valence-electron chi connectivity index (χ3n) is 4.78. The monoisotopic (exact) mass is 299 g/mol. The molecule has 23 heavy (non-hydrogen) atoms. The van der Waals surface area contributed by atoms with Gasteiger partial charge in [-0.3, -0.25) is 0 Å². The van der Waals surface area contributed by atoms with Gasteiger partial charge in [-0.15, -0.1) is 0 Å². The lowest BCUT2D eigenvalue weighted by atomic mass is 9.70. The Morgan fingerprint density at radius 2 is 1.22 bits per heavy atom. The fraction of sp³-hybridized carbons (Fsp3) is 0.0952. The van der Waals surface area contributed by atoms with Crippen molar-refractivity contribution in [3.05, 3.63) is 107 Å². The summed E-state index contributed by atoms with van der Waals surface area (Å²) in [6.07, 6.45) is 0.664. The van der Waals surface area contributed by atoms with Crippen molar-refractivity contribution in [2.24, 2.45) is 5.16 Å². The molecule has 0 fully saturated rings. The highest BCUT2D eigenvalue weighted by Gasteiger charge is 2.44. The molecule has 0 radical (unpaired) electrons. The molecule has 0 unspecified atom stereocenters. The van der Waals surface area contributed by atoms with E-state index < -0.39 is 0 Å². The smallest absolute Gasteiger partial charge is 0.0886 e. The summed E-state index contributed by atoms with van der Waals surface area (Å²) < 4.78 is 0. The van der Waals surface area contributed by atoms with E-state index in [0.29, 0.717) is 6.42 Å². The summed E-state index contributed by atoms with van der Waals surface area (Å²) in [5.41, 5.74) is 5.11. The number of fused-ring (bicyclic) bond motifs is 1. The van der Waals surface area contributed by atoms with Crippen molar-refractivity contribution in [3.8, 4) is 0 Å². The van der Waals surface area contributed by atoms with Crippen LogP contribution in [-0.2, 0) is 5.41 Å². The van der Waals surface area contributed by atoms with Crippen LogP contribution in [0.15, 0.2) is 90.1 Å². The summed E-state index contributed by atoms with van der Waals surface area (Å²) in [6, 6.07) is 29.2. The molecule has 3 aromatic rings. The van der Waals surface area contributed by atoms with E-state index in [0.717, 1.165) is 11.3 Å². The van der Waals surface area contributed by atoms with Crippen molar-refractivity contribution in [2.45, 2.75) is 11.8 Å².